The van der Waals surface area contributed by atoms with Gasteiger partial charge in [-0.2, -0.15) is 13.2 Å². The molecule has 0 bridgehead atoms. The molecule has 0 aromatic carbocycles. The largest absolute Gasteiger partial charge is 0.416 e. The smallest absolute Gasteiger partial charge is 0.382 e. The number of rotatable bonds is 5. The first-order valence-electron chi connectivity index (χ1n) is 7.35. The van der Waals surface area contributed by atoms with Gasteiger partial charge in [0, 0.05) is 32.4 Å². The Hall–Kier alpha value is -2.29. The Morgan fingerprint density at radius 3 is 2.83 bits per heavy atom. The Bertz CT molecular complexity index is 714. The van der Waals surface area contributed by atoms with Gasteiger partial charge in [0.25, 0.3) is 0 Å². The van der Waals surface area contributed by atoms with Crippen molar-refractivity contribution >= 4 is 11.7 Å². The van der Waals surface area contributed by atoms with Crippen molar-refractivity contribution in [2.24, 2.45) is 0 Å². The molecule has 2 heterocycles. The maximum absolute atomic E-state index is 12.3. The lowest BCUT2D eigenvalue weighted by molar-refractivity contribution is -0.205. The second kappa shape index (κ2) is 7.08. The normalized spacial score (nSPS) is 13.1. The first-order valence-corrected chi connectivity index (χ1v) is 7.35. The zero-order chi connectivity index (χ0) is 17.9. The van der Waals surface area contributed by atoms with Gasteiger partial charge in [-0.1, -0.05) is 6.07 Å². The second-order valence-electron chi connectivity index (χ2n) is 5.57. The number of likely N-dealkylation sites (N-methyl/N-ethyl adjacent to an activating group) is 1. The van der Waals surface area contributed by atoms with E-state index >= 15 is 0 Å². The summed E-state index contributed by atoms with van der Waals surface area (Å²) in [5.41, 5.74) is 2.61. The van der Waals surface area contributed by atoms with Crippen molar-refractivity contribution in [3.8, 4) is 0 Å². The van der Waals surface area contributed by atoms with E-state index in [-0.39, 0.29) is 6.54 Å². The van der Waals surface area contributed by atoms with Crippen LogP contribution in [0.15, 0.2) is 24.5 Å². The van der Waals surface area contributed by atoms with Gasteiger partial charge in [0.15, 0.2) is 6.10 Å². The molecular weight excluding hydrogens is 325 g/mol. The highest BCUT2D eigenvalue weighted by Crippen LogP contribution is 2.20. The van der Waals surface area contributed by atoms with Crippen LogP contribution < -0.4 is 5.32 Å². The van der Waals surface area contributed by atoms with Gasteiger partial charge in [0.1, 0.15) is 5.65 Å². The zero-order valence-electron chi connectivity index (χ0n) is 13.3. The first kappa shape index (κ1) is 18.1. The Balaban J connectivity index is 1.84. The number of amides is 2. The topological polar surface area (TPSA) is 69.9 Å². The molecule has 0 aliphatic heterocycles. The molecule has 0 fully saturated rings. The first-order chi connectivity index (χ1) is 11.2. The quantitative estimate of drug-likeness (QED) is 0.868. The molecule has 0 saturated heterocycles. The summed E-state index contributed by atoms with van der Waals surface area (Å²) in [4.78, 5) is 17.0. The van der Waals surface area contributed by atoms with Crippen LogP contribution in [0.3, 0.4) is 0 Å². The van der Waals surface area contributed by atoms with Gasteiger partial charge in [0.2, 0.25) is 0 Å². The lowest BCUT2D eigenvalue weighted by Gasteiger charge is -2.22. The van der Waals surface area contributed by atoms with Crippen LogP contribution in [0.5, 0.6) is 0 Å². The minimum absolute atomic E-state index is 0.230. The van der Waals surface area contributed by atoms with E-state index in [9.17, 15) is 18.0 Å². The molecule has 2 aromatic heterocycles. The number of carbonyl (C=O) groups is 1. The predicted octanol–water partition coefficient (Wildman–Crippen LogP) is 1.75. The molecule has 1 atom stereocenters. The summed E-state index contributed by atoms with van der Waals surface area (Å²) in [7, 11) is 1.19. The van der Waals surface area contributed by atoms with Crippen molar-refractivity contribution in [2.75, 3.05) is 20.1 Å². The third-order valence-corrected chi connectivity index (χ3v) is 3.56. The number of imidazole rings is 1. The highest BCUT2D eigenvalue weighted by Gasteiger charge is 2.39. The second-order valence-corrected chi connectivity index (χ2v) is 5.57. The molecule has 132 valence electrons. The molecule has 6 nitrogen and oxygen atoms in total. The van der Waals surface area contributed by atoms with Crippen molar-refractivity contribution in [3.05, 3.63) is 35.8 Å². The van der Waals surface area contributed by atoms with Crippen molar-refractivity contribution < 1.29 is 23.1 Å². The molecule has 2 aromatic rings. The Morgan fingerprint density at radius 2 is 2.21 bits per heavy atom. The Labute approximate surface area is 136 Å². The third kappa shape index (κ3) is 4.38. The number of aliphatic hydroxyl groups excluding tert-OH is 1. The summed E-state index contributed by atoms with van der Waals surface area (Å²) >= 11 is 0. The number of hydrogen-bond donors (Lipinski definition) is 2. The molecule has 2 amide bonds. The van der Waals surface area contributed by atoms with Crippen LogP contribution in [0.4, 0.5) is 18.0 Å². The summed E-state index contributed by atoms with van der Waals surface area (Å²) in [5.74, 6) is 0. The van der Waals surface area contributed by atoms with Gasteiger partial charge < -0.3 is 19.7 Å². The molecule has 0 unspecified atom stereocenters. The molecular formula is C15H19F3N4O2. The number of aliphatic hydroxyl groups is 1. The highest BCUT2D eigenvalue weighted by atomic mass is 19.4. The van der Waals surface area contributed by atoms with E-state index in [1.807, 2.05) is 35.9 Å². The number of aryl methyl sites for hydroxylation is 1. The van der Waals surface area contributed by atoms with Gasteiger partial charge in [-0.25, -0.2) is 9.78 Å². The zero-order valence-corrected chi connectivity index (χ0v) is 13.3. The minimum atomic E-state index is -4.75. The predicted molar refractivity (Wildman–Crippen MR) is 81.7 cm³/mol. The van der Waals surface area contributed by atoms with Crippen LogP contribution in [-0.4, -0.2) is 57.8 Å². The molecule has 2 rings (SSSR count). The summed E-state index contributed by atoms with van der Waals surface area (Å²) in [5, 5.41) is 11.5. The van der Waals surface area contributed by atoms with E-state index in [1.54, 1.807) is 0 Å². The molecule has 0 radical (unpaired) electrons. The highest BCUT2D eigenvalue weighted by molar-refractivity contribution is 5.73. The Kier molecular flexibility index (Phi) is 5.33. The number of pyridine rings is 1. The van der Waals surface area contributed by atoms with Crippen molar-refractivity contribution in [2.45, 2.75) is 25.6 Å². The van der Waals surface area contributed by atoms with Crippen molar-refractivity contribution in [1.82, 2.24) is 19.6 Å². The number of fused-ring (bicyclic) bond motifs is 1. The molecule has 24 heavy (non-hydrogen) atoms. The van der Waals surface area contributed by atoms with Crippen molar-refractivity contribution in [3.63, 3.8) is 0 Å². The van der Waals surface area contributed by atoms with Gasteiger partial charge in [0.05, 0.1) is 12.2 Å². The van der Waals surface area contributed by atoms with Crippen LogP contribution >= 0.6 is 0 Å². The van der Waals surface area contributed by atoms with E-state index in [0.29, 0.717) is 6.42 Å². The standard InChI is InChI=1S/C15H19F3N4O2/c1-10-4-3-7-22-8-11(20-13(10)22)5-6-19-14(24)21(2)9-12(23)15(16,17)18/h3-4,7-8,12,23H,5-6,9H2,1-2H3,(H,19,24)/t12-/m1/s1. The minimum Gasteiger partial charge on any atom is -0.382 e. The molecule has 0 spiro atoms. The SMILES string of the molecule is Cc1cccn2cc(CCNC(=O)N(C)C[C@@H](O)C(F)(F)F)nc12. The van der Waals surface area contributed by atoms with E-state index in [4.69, 9.17) is 5.11 Å². The van der Waals surface area contributed by atoms with Gasteiger partial charge in [-0.05, 0) is 18.6 Å². The number of urea groups is 1. The summed E-state index contributed by atoms with van der Waals surface area (Å²) < 4.78 is 38.7. The van der Waals surface area contributed by atoms with Gasteiger partial charge in [-0.3, -0.25) is 0 Å². The molecule has 0 aliphatic carbocycles. The summed E-state index contributed by atoms with van der Waals surface area (Å²) in [6.45, 7) is 1.35. The fraction of sp³-hybridized carbons (Fsp3) is 0.467. The van der Waals surface area contributed by atoms with E-state index < -0.39 is 24.9 Å². The fourth-order valence-electron chi connectivity index (χ4n) is 2.20. The van der Waals surface area contributed by atoms with Gasteiger partial charge >= 0.3 is 12.2 Å². The fourth-order valence-corrected chi connectivity index (χ4v) is 2.20. The van der Waals surface area contributed by atoms with Crippen LogP contribution in [0.25, 0.3) is 5.65 Å². The molecule has 0 aliphatic rings. The number of alkyl halides is 3. The molecule has 9 heteroatoms. The van der Waals surface area contributed by atoms with Gasteiger partial charge in [-0.15, -0.1) is 0 Å². The number of carbonyl (C=O) groups excluding carboxylic acids is 1. The summed E-state index contributed by atoms with van der Waals surface area (Å²) in [6.07, 6.45) is -3.16. The number of nitrogens with zero attached hydrogens (tertiary/aromatic N) is 3. The number of halogens is 3. The van der Waals surface area contributed by atoms with Crippen LogP contribution in [0.2, 0.25) is 0 Å². The lowest BCUT2D eigenvalue weighted by Crippen LogP contribution is -2.45. The van der Waals surface area contributed by atoms with E-state index in [2.05, 4.69) is 10.3 Å². The number of hydrogen-bond acceptors (Lipinski definition) is 3. The monoisotopic (exact) mass is 344 g/mol. The van der Waals surface area contributed by atoms with Crippen LogP contribution in [0, 0.1) is 6.92 Å². The van der Waals surface area contributed by atoms with Crippen molar-refractivity contribution in [1.29, 1.82) is 0 Å². The average Bonchev–Trinajstić information content (AvgIpc) is 2.90. The average molecular weight is 344 g/mol. The van der Waals surface area contributed by atoms with Crippen LogP contribution in [-0.2, 0) is 6.42 Å². The van der Waals surface area contributed by atoms with E-state index in [1.165, 1.54) is 7.05 Å². The maximum Gasteiger partial charge on any atom is 0.416 e. The maximum atomic E-state index is 12.3. The molecule has 0 saturated carbocycles. The molecule has 2 N–H and O–H groups in total. The third-order valence-electron chi connectivity index (χ3n) is 3.56. The lowest BCUT2D eigenvalue weighted by atomic mass is 10.3. The van der Waals surface area contributed by atoms with Crippen LogP contribution in [0.1, 0.15) is 11.3 Å². The van der Waals surface area contributed by atoms with E-state index in [0.717, 1.165) is 21.8 Å². The number of aromatic nitrogens is 2. The summed E-state index contributed by atoms with van der Waals surface area (Å²) in [6, 6.07) is 3.16. The number of nitrogens with one attached hydrogen (secondary N) is 1. The Morgan fingerprint density at radius 1 is 1.50 bits per heavy atom.